The molecule has 0 amide bonds. The summed E-state index contributed by atoms with van der Waals surface area (Å²) in [5, 5.41) is 0. The number of hydrogen-bond acceptors (Lipinski definition) is 3. The van der Waals surface area contributed by atoms with Crippen LogP contribution >= 0.6 is 0 Å². The molecule has 1 saturated carbocycles. The van der Waals surface area contributed by atoms with Crippen LogP contribution in [-0.2, 0) is 9.47 Å². The van der Waals surface area contributed by atoms with E-state index in [0.717, 1.165) is 6.54 Å². The van der Waals surface area contributed by atoms with E-state index in [1.165, 1.54) is 0 Å². The van der Waals surface area contributed by atoms with Crippen molar-refractivity contribution >= 4 is 0 Å². The zero-order chi connectivity index (χ0) is 9.35. The molecule has 12 heavy (non-hydrogen) atoms. The van der Waals surface area contributed by atoms with Gasteiger partial charge in [-0.05, 0) is 17.9 Å². The molecule has 0 saturated heterocycles. The first-order chi connectivity index (χ1) is 5.59. The molecule has 0 aromatic rings. The Balaban J connectivity index is 2.55. The average Bonchev–Trinajstić information content (AvgIpc) is 2.57. The number of methoxy groups -OCH3 is 2. The van der Waals surface area contributed by atoms with Gasteiger partial charge in [0.25, 0.3) is 0 Å². The van der Waals surface area contributed by atoms with E-state index in [-0.39, 0.29) is 11.7 Å². The Kier molecular flexibility index (Phi) is 2.76. The summed E-state index contributed by atoms with van der Waals surface area (Å²) in [4.78, 5) is 0. The number of rotatable bonds is 4. The Morgan fingerprint density at radius 2 is 1.83 bits per heavy atom. The largest absolute Gasteiger partial charge is 0.356 e. The average molecular weight is 173 g/mol. The van der Waals surface area contributed by atoms with Crippen LogP contribution in [0.25, 0.3) is 0 Å². The summed E-state index contributed by atoms with van der Waals surface area (Å²) in [6, 6.07) is 0. The van der Waals surface area contributed by atoms with Gasteiger partial charge in [0.15, 0.2) is 6.29 Å². The predicted molar refractivity (Wildman–Crippen MR) is 47.6 cm³/mol. The van der Waals surface area contributed by atoms with Gasteiger partial charge in [-0.2, -0.15) is 0 Å². The Labute approximate surface area is 74.2 Å². The molecule has 1 rings (SSSR count). The molecule has 0 aliphatic heterocycles. The zero-order valence-electron chi connectivity index (χ0n) is 8.33. The molecule has 0 aromatic carbocycles. The highest BCUT2D eigenvalue weighted by Crippen LogP contribution is 2.59. The summed E-state index contributed by atoms with van der Waals surface area (Å²) in [6.07, 6.45) is -0.0893. The Morgan fingerprint density at radius 3 is 2.08 bits per heavy atom. The van der Waals surface area contributed by atoms with Crippen LogP contribution in [0, 0.1) is 17.3 Å². The fourth-order valence-electron chi connectivity index (χ4n) is 2.17. The van der Waals surface area contributed by atoms with Crippen molar-refractivity contribution in [1.82, 2.24) is 0 Å². The second-order valence-electron chi connectivity index (χ2n) is 4.03. The molecular formula is C9H19NO2. The molecule has 0 aromatic heterocycles. The molecule has 1 aliphatic rings. The van der Waals surface area contributed by atoms with Crippen LogP contribution in [0.5, 0.6) is 0 Å². The fraction of sp³-hybridized carbons (Fsp3) is 1.00. The molecular weight excluding hydrogens is 154 g/mol. The van der Waals surface area contributed by atoms with Crippen LogP contribution in [-0.4, -0.2) is 27.1 Å². The van der Waals surface area contributed by atoms with E-state index < -0.39 is 0 Å². The third-order valence-electron chi connectivity index (χ3n) is 3.15. The minimum atomic E-state index is -0.0893. The van der Waals surface area contributed by atoms with Crippen LogP contribution < -0.4 is 5.73 Å². The first-order valence-electron chi connectivity index (χ1n) is 4.35. The summed E-state index contributed by atoms with van der Waals surface area (Å²) in [5.41, 5.74) is 5.92. The molecule has 0 bridgehead atoms. The molecule has 3 heteroatoms. The molecule has 0 heterocycles. The van der Waals surface area contributed by atoms with Crippen LogP contribution in [0.15, 0.2) is 0 Å². The van der Waals surface area contributed by atoms with Crippen molar-refractivity contribution in [1.29, 1.82) is 0 Å². The fourth-order valence-corrected chi connectivity index (χ4v) is 2.17. The molecule has 2 unspecified atom stereocenters. The highest BCUT2D eigenvalue weighted by Gasteiger charge is 2.60. The molecule has 0 radical (unpaired) electrons. The second-order valence-corrected chi connectivity index (χ2v) is 4.03. The van der Waals surface area contributed by atoms with Crippen LogP contribution in [0.2, 0.25) is 0 Å². The maximum absolute atomic E-state index is 5.64. The first kappa shape index (κ1) is 9.96. The third kappa shape index (κ3) is 1.37. The van der Waals surface area contributed by atoms with Gasteiger partial charge in [-0.15, -0.1) is 0 Å². The van der Waals surface area contributed by atoms with E-state index in [2.05, 4.69) is 13.8 Å². The highest BCUT2D eigenvalue weighted by molar-refractivity contribution is 5.06. The molecule has 1 fully saturated rings. The van der Waals surface area contributed by atoms with Gasteiger partial charge in [0, 0.05) is 20.1 Å². The lowest BCUT2D eigenvalue weighted by molar-refractivity contribution is -0.123. The van der Waals surface area contributed by atoms with E-state index in [0.29, 0.717) is 11.8 Å². The quantitative estimate of drug-likeness (QED) is 0.641. The SMILES string of the molecule is COC(OC)C1C(CN)C1(C)C. The maximum atomic E-state index is 5.64. The second kappa shape index (κ2) is 3.32. The van der Waals surface area contributed by atoms with Gasteiger partial charge in [0.2, 0.25) is 0 Å². The predicted octanol–water partition coefficient (Wildman–Crippen LogP) is 0.836. The van der Waals surface area contributed by atoms with Gasteiger partial charge in [-0.1, -0.05) is 13.8 Å². The van der Waals surface area contributed by atoms with Crippen LogP contribution in [0.3, 0.4) is 0 Å². The smallest absolute Gasteiger partial charge is 0.160 e. The maximum Gasteiger partial charge on any atom is 0.160 e. The molecule has 1 aliphatic carbocycles. The molecule has 0 spiro atoms. The summed E-state index contributed by atoms with van der Waals surface area (Å²) < 4.78 is 10.4. The number of ether oxygens (including phenoxy) is 2. The van der Waals surface area contributed by atoms with Crippen molar-refractivity contribution in [2.24, 2.45) is 23.0 Å². The van der Waals surface area contributed by atoms with E-state index >= 15 is 0 Å². The van der Waals surface area contributed by atoms with Gasteiger partial charge < -0.3 is 15.2 Å². The lowest BCUT2D eigenvalue weighted by Crippen LogP contribution is -2.19. The Hall–Kier alpha value is -0.120. The number of hydrogen-bond donors (Lipinski definition) is 1. The van der Waals surface area contributed by atoms with E-state index in [4.69, 9.17) is 15.2 Å². The van der Waals surface area contributed by atoms with Crippen molar-refractivity contribution in [2.45, 2.75) is 20.1 Å². The summed E-state index contributed by atoms with van der Waals surface area (Å²) in [7, 11) is 3.35. The van der Waals surface area contributed by atoms with E-state index in [9.17, 15) is 0 Å². The van der Waals surface area contributed by atoms with E-state index in [1.54, 1.807) is 14.2 Å². The molecule has 3 nitrogen and oxygen atoms in total. The van der Waals surface area contributed by atoms with E-state index in [1.807, 2.05) is 0 Å². The molecule has 72 valence electrons. The Bertz CT molecular complexity index is 155. The zero-order valence-corrected chi connectivity index (χ0v) is 8.33. The summed E-state index contributed by atoms with van der Waals surface area (Å²) >= 11 is 0. The Morgan fingerprint density at radius 1 is 1.33 bits per heavy atom. The number of nitrogens with two attached hydrogens (primary N) is 1. The van der Waals surface area contributed by atoms with Gasteiger partial charge in [-0.3, -0.25) is 0 Å². The first-order valence-corrected chi connectivity index (χ1v) is 4.35. The minimum absolute atomic E-state index is 0.0893. The van der Waals surface area contributed by atoms with Gasteiger partial charge in [0.1, 0.15) is 0 Å². The lowest BCUT2D eigenvalue weighted by Gasteiger charge is -2.14. The normalized spacial score (nSPS) is 32.5. The van der Waals surface area contributed by atoms with Crippen molar-refractivity contribution in [3.05, 3.63) is 0 Å². The van der Waals surface area contributed by atoms with Gasteiger partial charge >= 0.3 is 0 Å². The van der Waals surface area contributed by atoms with Crippen molar-refractivity contribution in [3.8, 4) is 0 Å². The third-order valence-corrected chi connectivity index (χ3v) is 3.15. The summed E-state index contributed by atoms with van der Waals surface area (Å²) in [5.74, 6) is 1.000. The van der Waals surface area contributed by atoms with Crippen molar-refractivity contribution in [2.75, 3.05) is 20.8 Å². The highest BCUT2D eigenvalue weighted by atomic mass is 16.7. The monoisotopic (exact) mass is 173 g/mol. The minimum Gasteiger partial charge on any atom is -0.356 e. The molecule has 2 N–H and O–H groups in total. The van der Waals surface area contributed by atoms with Crippen molar-refractivity contribution < 1.29 is 9.47 Å². The van der Waals surface area contributed by atoms with Crippen LogP contribution in [0.1, 0.15) is 13.8 Å². The lowest BCUT2D eigenvalue weighted by atomic mass is 10.1. The van der Waals surface area contributed by atoms with Crippen LogP contribution in [0.4, 0.5) is 0 Å². The van der Waals surface area contributed by atoms with Gasteiger partial charge in [0.05, 0.1) is 0 Å². The summed E-state index contributed by atoms with van der Waals surface area (Å²) in [6.45, 7) is 5.14. The van der Waals surface area contributed by atoms with Gasteiger partial charge in [-0.25, -0.2) is 0 Å². The topological polar surface area (TPSA) is 44.5 Å². The standard InChI is InChI=1S/C9H19NO2/c1-9(2)6(5-10)7(9)8(11-3)12-4/h6-8H,5,10H2,1-4H3. The van der Waals surface area contributed by atoms with Crippen molar-refractivity contribution in [3.63, 3.8) is 0 Å². The molecule has 2 atom stereocenters.